The molecule has 2 amide bonds. The normalized spacial score (nSPS) is 11.2. The zero-order valence-corrected chi connectivity index (χ0v) is 20.6. The van der Waals surface area contributed by atoms with Crippen LogP contribution in [-0.4, -0.2) is 44.2 Å². The van der Waals surface area contributed by atoms with Gasteiger partial charge in [-0.15, -0.1) is 0 Å². The number of carbonyl (C=O) groups excluding carboxylic acids is 2. The van der Waals surface area contributed by atoms with Crippen LogP contribution in [0.2, 0.25) is 10.0 Å². The van der Waals surface area contributed by atoms with Gasteiger partial charge >= 0.3 is 12.1 Å². The number of nitrogens with one attached hydrogen (secondary N) is 2. The van der Waals surface area contributed by atoms with Crippen LogP contribution < -0.4 is 16.2 Å². The van der Waals surface area contributed by atoms with Crippen molar-refractivity contribution in [3.8, 4) is 11.6 Å². The highest BCUT2D eigenvalue weighted by molar-refractivity contribution is 6.35. The molecular formula is C23H15Cl2F4N3O7. The lowest BCUT2D eigenvalue weighted by atomic mass is 10.1. The van der Waals surface area contributed by atoms with Crippen LogP contribution in [-0.2, 0) is 17.5 Å². The van der Waals surface area contributed by atoms with Crippen LogP contribution in [0.5, 0.6) is 11.6 Å². The first-order valence-corrected chi connectivity index (χ1v) is 11.2. The van der Waals surface area contributed by atoms with E-state index in [1.54, 1.807) is 10.6 Å². The SMILES string of the molecule is O=C(O)CNC(=O)c1c(O)c(C(=O)Nc2cc(C(F)(F)F)ccc2F)c(O)n(Cc2ccc(Cl)cc2Cl)c1=O. The summed E-state index contributed by atoms with van der Waals surface area (Å²) in [6.07, 6.45) is -4.92. The van der Waals surface area contributed by atoms with Crippen molar-refractivity contribution in [1.29, 1.82) is 0 Å². The standard InChI is InChI=1S/C23H15Cl2F4N3O7/c24-11-3-1-9(12(25)6-11)8-32-21(38)16(19(36)30-7-15(33)34)18(35)17(22(32)39)20(37)31-14-5-10(23(27,28)29)2-4-13(14)26/h1-6,35,39H,7-8H2,(H,30,36)(H,31,37)(H,33,34). The number of benzene rings is 2. The summed E-state index contributed by atoms with van der Waals surface area (Å²) < 4.78 is 53.8. The number of rotatable bonds is 7. The monoisotopic (exact) mass is 591 g/mol. The van der Waals surface area contributed by atoms with E-state index >= 15 is 0 Å². The number of aromatic nitrogens is 1. The Morgan fingerprint density at radius 3 is 2.23 bits per heavy atom. The van der Waals surface area contributed by atoms with Gasteiger partial charge in [0, 0.05) is 10.0 Å². The van der Waals surface area contributed by atoms with Crippen LogP contribution in [0, 0.1) is 5.82 Å². The van der Waals surface area contributed by atoms with Gasteiger partial charge < -0.3 is 26.0 Å². The Bertz CT molecular complexity index is 1560. The second-order valence-corrected chi connectivity index (χ2v) is 8.62. The predicted octanol–water partition coefficient (Wildman–Crippen LogP) is 3.84. The second kappa shape index (κ2) is 11.2. The fraction of sp³-hybridized carbons (Fsp3) is 0.130. The van der Waals surface area contributed by atoms with E-state index < -0.39 is 82.4 Å². The zero-order valence-electron chi connectivity index (χ0n) is 19.1. The Labute approximate surface area is 225 Å². The molecule has 0 saturated heterocycles. The summed E-state index contributed by atoms with van der Waals surface area (Å²) in [6.45, 7) is -1.64. The Balaban J connectivity index is 2.19. The molecule has 0 aliphatic heterocycles. The maximum absolute atomic E-state index is 14.2. The number of anilines is 1. The number of carbonyl (C=O) groups is 3. The molecule has 0 atom stereocenters. The third kappa shape index (κ3) is 6.41. The topological polar surface area (TPSA) is 158 Å². The lowest BCUT2D eigenvalue weighted by molar-refractivity contribution is -0.137. The minimum Gasteiger partial charge on any atom is -0.506 e. The van der Waals surface area contributed by atoms with Crippen LogP contribution in [0.1, 0.15) is 31.8 Å². The molecule has 10 nitrogen and oxygen atoms in total. The van der Waals surface area contributed by atoms with E-state index in [1.807, 2.05) is 0 Å². The number of halogens is 6. The molecule has 16 heteroatoms. The van der Waals surface area contributed by atoms with Crippen molar-refractivity contribution in [2.75, 3.05) is 11.9 Å². The van der Waals surface area contributed by atoms with E-state index in [2.05, 4.69) is 0 Å². The summed E-state index contributed by atoms with van der Waals surface area (Å²) in [5.41, 5.74) is -6.05. The van der Waals surface area contributed by atoms with Crippen molar-refractivity contribution in [3.63, 3.8) is 0 Å². The number of carboxylic acids is 1. The van der Waals surface area contributed by atoms with E-state index in [4.69, 9.17) is 28.3 Å². The summed E-state index contributed by atoms with van der Waals surface area (Å²) in [4.78, 5) is 49.4. The van der Waals surface area contributed by atoms with Crippen LogP contribution in [0.3, 0.4) is 0 Å². The van der Waals surface area contributed by atoms with E-state index in [-0.39, 0.29) is 21.7 Å². The zero-order chi connectivity index (χ0) is 29.2. The number of hydrogen-bond donors (Lipinski definition) is 5. The Morgan fingerprint density at radius 1 is 0.974 bits per heavy atom. The predicted molar refractivity (Wildman–Crippen MR) is 129 cm³/mol. The van der Waals surface area contributed by atoms with Crippen molar-refractivity contribution >= 4 is 46.7 Å². The summed E-state index contributed by atoms with van der Waals surface area (Å²) >= 11 is 11.9. The van der Waals surface area contributed by atoms with Gasteiger partial charge in [0.1, 0.15) is 23.5 Å². The fourth-order valence-corrected chi connectivity index (χ4v) is 3.77. The summed E-state index contributed by atoms with van der Waals surface area (Å²) in [5, 5.41) is 33.9. The maximum Gasteiger partial charge on any atom is 0.416 e. The number of amides is 2. The Hall–Kier alpha value is -4.30. The van der Waals surface area contributed by atoms with Crippen LogP contribution in [0.15, 0.2) is 41.2 Å². The first-order valence-electron chi connectivity index (χ1n) is 10.4. The summed E-state index contributed by atoms with van der Waals surface area (Å²) in [6, 6.07) is 5.01. The van der Waals surface area contributed by atoms with Gasteiger partial charge in [-0.2, -0.15) is 13.2 Å². The van der Waals surface area contributed by atoms with Gasteiger partial charge in [-0.25, -0.2) is 4.39 Å². The molecule has 2 aromatic carbocycles. The van der Waals surface area contributed by atoms with Crippen molar-refractivity contribution in [3.05, 3.63) is 84.9 Å². The lowest BCUT2D eigenvalue weighted by Crippen LogP contribution is -2.37. The van der Waals surface area contributed by atoms with Crippen LogP contribution in [0.25, 0.3) is 0 Å². The second-order valence-electron chi connectivity index (χ2n) is 7.77. The first-order chi connectivity index (χ1) is 18.1. The number of aromatic hydroxyl groups is 2. The smallest absolute Gasteiger partial charge is 0.416 e. The molecular weight excluding hydrogens is 577 g/mol. The quantitative estimate of drug-likeness (QED) is 0.261. The van der Waals surface area contributed by atoms with Crippen molar-refractivity contribution in [1.82, 2.24) is 9.88 Å². The van der Waals surface area contributed by atoms with Gasteiger partial charge in [-0.1, -0.05) is 29.3 Å². The molecule has 39 heavy (non-hydrogen) atoms. The molecule has 1 aromatic heterocycles. The number of carboxylic acid groups (broad SMARTS) is 1. The number of alkyl halides is 3. The fourth-order valence-electron chi connectivity index (χ4n) is 3.31. The van der Waals surface area contributed by atoms with Crippen molar-refractivity contribution in [2.24, 2.45) is 0 Å². The molecule has 0 radical (unpaired) electrons. The number of aliphatic carboxylic acids is 1. The maximum atomic E-state index is 14.2. The summed E-state index contributed by atoms with van der Waals surface area (Å²) in [7, 11) is 0. The molecule has 3 rings (SSSR count). The van der Waals surface area contributed by atoms with Crippen LogP contribution in [0.4, 0.5) is 23.2 Å². The molecule has 0 saturated carbocycles. The van der Waals surface area contributed by atoms with Crippen molar-refractivity contribution < 1.29 is 47.3 Å². The molecule has 0 aliphatic carbocycles. The highest BCUT2D eigenvalue weighted by Crippen LogP contribution is 2.34. The number of nitrogens with zero attached hydrogens (tertiary/aromatic N) is 1. The van der Waals surface area contributed by atoms with Gasteiger partial charge in [0.15, 0.2) is 5.75 Å². The third-order valence-electron chi connectivity index (χ3n) is 5.15. The van der Waals surface area contributed by atoms with Gasteiger partial charge in [0.25, 0.3) is 17.4 Å². The molecule has 0 fully saturated rings. The number of hydrogen-bond acceptors (Lipinski definition) is 6. The lowest BCUT2D eigenvalue weighted by Gasteiger charge is -2.18. The Kier molecular flexibility index (Phi) is 8.41. The minimum atomic E-state index is -4.92. The van der Waals surface area contributed by atoms with E-state index in [0.29, 0.717) is 16.7 Å². The molecule has 0 aliphatic rings. The van der Waals surface area contributed by atoms with Gasteiger partial charge in [0.2, 0.25) is 5.88 Å². The Morgan fingerprint density at radius 2 is 1.64 bits per heavy atom. The average molecular weight is 592 g/mol. The molecule has 1 heterocycles. The molecule has 0 spiro atoms. The molecule has 0 bridgehead atoms. The molecule has 3 aromatic rings. The summed E-state index contributed by atoms with van der Waals surface area (Å²) in [5.74, 6) is -8.68. The molecule has 206 valence electrons. The van der Waals surface area contributed by atoms with Gasteiger partial charge in [-0.05, 0) is 35.9 Å². The first kappa shape index (κ1) is 29.3. The van der Waals surface area contributed by atoms with E-state index in [0.717, 1.165) is 0 Å². The molecule has 5 N–H and O–H groups in total. The van der Waals surface area contributed by atoms with Gasteiger partial charge in [-0.3, -0.25) is 23.7 Å². The van der Waals surface area contributed by atoms with E-state index in [1.165, 1.54) is 18.2 Å². The molecule has 0 unspecified atom stereocenters. The van der Waals surface area contributed by atoms with Gasteiger partial charge in [0.05, 0.1) is 17.8 Å². The largest absolute Gasteiger partial charge is 0.506 e. The van der Waals surface area contributed by atoms with Crippen LogP contribution >= 0.6 is 23.2 Å². The third-order valence-corrected chi connectivity index (χ3v) is 5.74. The number of pyridine rings is 1. The highest BCUT2D eigenvalue weighted by Gasteiger charge is 2.33. The highest BCUT2D eigenvalue weighted by atomic mass is 35.5. The average Bonchev–Trinajstić information content (AvgIpc) is 2.82. The minimum absolute atomic E-state index is 0.0178. The van der Waals surface area contributed by atoms with Crippen molar-refractivity contribution in [2.45, 2.75) is 12.7 Å². The van der Waals surface area contributed by atoms with E-state index in [9.17, 15) is 47.0 Å².